The quantitative estimate of drug-likeness (QED) is 0.487. The molecule has 104 valence electrons. The molecule has 0 aliphatic carbocycles. The van der Waals surface area contributed by atoms with Gasteiger partial charge in [0.2, 0.25) is 0 Å². The standard InChI is InChI=1S/C17H25NO/c1-3-5-13-18(14-6-4-2)15-12-17(19)16-10-8-7-9-11-16/h7-12,15H,3-6,13-14H2,1-2H3/b15-12-. The minimum Gasteiger partial charge on any atom is -0.377 e. The molecular weight excluding hydrogens is 234 g/mol. The van der Waals surface area contributed by atoms with Crippen molar-refractivity contribution in [2.24, 2.45) is 0 Å². The van der Waals surface area contributed by atoms with Gasteiger partial charge in [-0.1, -0.05) is 57.0 Å². The van der Waals surface area contributed by atoms with E-state index in [9.17, 15) is 4.79 Å². The molecule has 0 aliphatic heterocycles. The van der Waals surface area contributed by atoms with Crippen LogP contribution in [0.2, 0.25) is 0 Å². The summed E-state index contributed by atoms with van der Waals surface area (Å²) in [6.45, 7) is 6.46. The number of carbonyl (C=O) groups is 1. The monoisotopic (exact) mass is 259 g/mol. The lowest BCUT2D eigenvalue weighted by molar-refractivity contribution is 0.104. The van der Waals surface area contributed by atoms with Crippen molar-refractivity contribution in [3.05, 3.63) is 48.2 Å². The Morgan fingerprint density at radius 1 is 1.05 bits per heavy atom. The molecular formula is C17H25NO. The number of rotatable bonds is 9. The topological polar surface area (TPSA) is 20.3 Å². The molecule has 2 nitrogen and oxygen atoms in total. The summed E-state index contributed by atoms with van der Waals surface area (Å²) >= 11 is 0. The lowest BCUT2D eigenvalue weighted by Crippen LogP contribution is -2.20. The van der Waals surface area contributed by atoms with Gasteiger partial charge in [-0.05, 0) is 12.8 Å². The van der Waals surface area contributed by atoms with Crippen molar-refractivity contribution in [3.8, 4) is 0 Å². The van der Waals surface area contributed by atoms with E-state index < -0.39 is 0 Å². The third kappa shape index (κ3) is 6.23. The lowest BCUT2D eigenvalue weighted by Gasteiger charge is -2.19. The Balaban J connectivity index is 2.56. The van der Waals surface area contributed by atoms with Crippen LogP contribution in [0.1, 0.15) is 49.9 Å². The molecule has 0 bridgehead atoms. The normalized spacial score (nSPS) is 10.8. The molecule has 0 heterocycles. The summed E-state index contributed by atoms with van der Waals surface area (Å²) < 4.78 is 0. The average molecular weight is 259 g/mol. The van der Waals surface area contributed by atoms with Crippen LogP contribution < -0.4 is 0 Å². The van der Waals surface area contributed by atoms with Crippen molar-refractivity contribution in [3.63, 3.8) is 0 Å². The molecule has 0 saturated heterocycles. The zero-order valence-electron chi connectivity index (χ0n) is 12.1. The van der Waals surface area contributed by atoms with Gasteiger partial charge in [-0.3, -0.25) is 4.79 Å². The van der Waals surface area contributed by atoms with Gasteiger partial charge in [0, 0.05) is 30.9 Å². The summed E-state index contributed by atoms with van der Waals surface area (Å²) in [7, 11) is 0. The van der Waals surface area contributed by atoms with Crippen molar-refractivity contribution in [1.29, 1.82) is 0 Å². The van der Waals surface area contributed by atoms with Crippen LogP contribution in [0.15, 0.2) is 42.6 Å². The molecule has 0 amide bonds. The smallest absolute Gasteiger partial charge is 0.187 e. The van der Waals surface area contributed by atoms with E-state index in [0.29, 0.717) is 0 Å². The largest absolute Gasteiger partial charge is 0.377 e. The van der Waals surface area contributed by atoms with Crippen LogP contribution in [0.3, 0.4) is 0 Å². The van der Waals surface area contributed by atoms with E-state index >= 15 is 0 Å². The van der Waals surface area contributed by atoms with E-state index in [0.717, 1.165) is 18.7 Å². The molecule has 0 spiro atoms. The van der Waals surface area contributed by atoms with Crippen molar-refractivity contribution < 1.29 is 4.79 Å². The van der Waals surface area contributed by atoms with Gasteiger partial charge in [0.25, 0.3) is 0 Å². The first-order valence-electron chi connectivity index (χ1n) is 7.29. The van der Waals surface area contributed by atoms with Gasteiger partial charge in [-0.15, -0.1) is 0 Å². The Kier molecular flexibility index (Phi) is 7.64. The second-order valence-corrected chi connectivity index (χ2v) is 4.79. The Labute approximate surface area is 117 Å². The summed E-state index contributed by atoms with van der Waals surface area (Å²) in [5, 5.41) is 0. The zero-order chi connectivity index (χ0) is 13.9. The molecule has 0 N–H and O–H groups in total. The molecule has 0 fully saturated rings. The minimum atomic E-state index is 0.0820. The van der Waals surface area contributed by atoms with Crippen LogP contribution in [-0.4, -0.2) is 23.8 Å². The number of benzene rings is 1. The van der Waals surface area contributed by atoms with Gasteiger partial charge in [-0.2, -0.15) is 0 Å². The maximum Gasteiger partial charge on any atom is 0.187 e. The highest BCUT2D eigenvalue weighted by Gasteiger charge is 2.02. The molecule has 1 aromatic carbocycles. The Morgan fingerprint density at radius 3 is 2.16 bits per heavy atom. The molecule has 0 saturated carbocycles. The van der Waals surface area contributed by atoms with Crippen LogP contribution in [0.25, 0.3) is 0 Å². The Hall–Kier alpha value is -1.57. The summed E-state index contributed by atoms with van der Waals surface area (Å²) in [6, 6.07) is 9.43. The molecule has 1 aromatic rings. The first-order valence-corrected chi connectivity index (χ1v) is 7.29. The first-order chi connectivity index (χ1) is 9.27. The zero-order valence-corrected chi connectivity index (χ0v) is 12.1. The van der Waals surface area contributed by atoms with Gasteiger partial charge in [0.1, 0.15) is 0 Å². The predicted octanol–water partition coefficient (Wildman–Crippen LogP) is 4.29. The number of nitrogens with zero attached hydrogens (tertiary/aromatic N) is 1. The second-order valence-electron chi connectivity index (χ2n) is 4.79. The van der Waals surface area contributed by atoms with Gasteiger partial charge in [0.05, 0.1) is 0 Å². The van der Waals surface area contributed by atoms with Crippen molar-refractivity contribution in [2.75, 3.05) is 13.1 Å². The number of carbonyl (C=O) groups excluding carboxylic acids is 1. The molecule has 2 heteroatoms. The average Bonchev–Trinajstić information content (AvgIpc) is 2.47. The number of hydrogen-bond acceptors (Lipinski definition) is 2. The highest BCUT2D eigenvalue weighted by atomic mass is 16.1. The summed E-state index contributed by atoms with van der Waals surface area (Å²) in [4.78, 5) is 14.2. The molecule has 0 aliphatic rings. The van der Waals surface area contributed by atoms with Crippen LogP contribution in [-0.2, 0) is 0 Å². The molecule has 1 rings (SSSR count). The highest BCUT2D eigenvalue weighted by Crippen LogP contribution is 2.04. The maximum atomic E-state index is 12.0. The number of hydrogen-bond donors (Lipinski definition) is 0. The summed E-state index contributed by atoms with van der Waals surface area (Å²) in [6.07, 6.45) is 8.37. The SMILES string of the molecule is CCCCN(/C=C\C(=O)c1ccccc1)CCCC. The Morgan fingerprint density at radius 2 is 1.63 bits per heavy atom. The third-order valence-corrected chi connectivity index (χ3v) is 3.09. The number of unbranched alkanes of at least 4 members (excludes halogenated alkanes) is 2. The van der Waals surface area contributed by atoms with E-state index in [1.165, 1.54) is 25.7 Å². The molecule has 0 atom stereocenters. The van der Waals surface area contributed by atoms with Gasteiger partial charge >= 0.3 is 0 Å². The Bertz CT molecular complexity index is 376. The van der Waals surface area contributed by atoms with E-state index in [2.05, 4.69) is 18.7 Å². The number of ketones is 1. The van der Waals surface area contributed by atoms with Crippen molar-refractivity contribution in [2.45, 2.75) is 39.5 Å². The summed E-state index contributed by atoms with van der Waals surface area (Å²) in [5.74, 6) is 0.0820. The molecule has 19 heavy (non-hydrogen) atoms. The van der Waals surface area contributed by atoms with Crippen molar-refractivity contribution in [1.82, 2.24) is 4.90 Å². The fraction of sp³-hybridized carbons (Fsp3) is 0.471. The fourth-order valence-electron chi connectivity index (χ4n) is 1.86. The van der Waals surface area contributed by atoms with Gasteiger partial charge in [-0.25, -0.2) is 0 Å². The highest BCUT2D eigenvalue weighted by molar-refractivity contribution is 6.04. The lowest BCUT2D eigenvalue weighted by atomic mass is 10.1. The van der Waals surface area contributed by atoms with Crippen LogP contribution in [0.5, 0.6) is 0 Å². The predicted molar refractivity (Wildman–Crippen MR) is 81.3 cm³/mol. The van der Waals surface area contributed by atoms with Gasteiger partial charge in [0.15, 0.2) is 5.78 Å². The van der Waals surface area contributed by atoms with Gasteiger partial charge < -0.3 is 4.90 Å². The van der Waals surface area contributed by atoms with E-state index in [-0.39, 0.29) is 5.78 Å². The molecule has 0 aromatic heterocycles. The van der Waals surface area contributed by atoms with Crippen LogP contribution >= 0.6 is 0 Å². The van der Waals surface area contributed by atoms with E-state index in [1.54, 1.807) is 6.08 Å². The van der Waals surface area contributed by atoms with Crippen LogP contribution in [0, 0.1) is 0 Å². The summed E-state index contributed by atoms with van der Waals surface area (Å²) in [5.41, 5.74) is 0.754. The molecule has 0 unspecified atom stereocenters. The number of allylic oxidation sites excluding steroid dienone is 1. The first kappa shape index (κ1) is 15.5. The second kappa shape index (κ2) is 9.37. The van der Waals surface area contributed by atoms with E-state index in [4.69, 9.17) is 0 Å². The third-order valence-electron chi connectivity index (χ3n) is 3.09. The maximum absolute atomic E-state index is 12.0. The van der Waals surface area contributed by atoms with Crippen molar-refractivity contribution >= 4 is 5.78 Å². The fourth-order valence-corrected chi connectivity index (χ4v) is 1.86. The van der Waals surface area contributed by atoms with E-state index in [1.807, 2.05) is 36.5 Å². The minimum absolute atomic E-state index is 0.0820. The van der Waals surface area contributed by atoms with Crippen LogP contribution in [0.4, 0.5) is 0 Å². The molecule has 0 radical (unpaired) electrons.